The molecule has 0 saturated carbocycles. The fourth-order valence-corrected chi connectivity index (χ4v) is 0.201. The van der Waals surface area contributed by atoms with E-state index in [9.17, 15) is 4.79 Å². The summed E-state index contributed by atoms with van der Waals surface area (Å²) in [4.78, 5) is 10.1. The monoisotopic (exact) mass is 111 g/mol. The van der Waals surface area contributed by atoms with Crippen LogP contribution in [0.4, 0.5) is 0 Å². The minimum atomic E-state index is -0.241. The molecule has 0 spiro atoms. The van der Waals surface area contributed by atoms with Gasteiger partial charge in [-0.3, -0.25) is 4.79 Å². The predicted octanol–water partition coefficient (Wildman–Crippen LogP) is 0.355. The Labute approximate surface area is 51.1 Å². The highest BCUT2D eigenvalue weighted by Gasteiger charge is 1.90. The van der Waals surface area contributed by atoms with Gasteiger partial charge in [-0.15, -0.1) is 6.58 Å². The standard InChI is InChI=1S/C5H8O2.B/c1-3-4-5(6)7-2;/h3H,1,4H2,2H3;. The van der Waals surface area contributed by atoms with E-state index in [0.717, 1.165) is 0 Å². The molecule has 0 aliphatic heterocycles. The molecule has 0 aromatic carbocycles. The number of rotatable bonds is 2. The van der Waals surface area contributed by atoms with Crippen molar-refractivity contribution in [1.82, 2.24) is 0 Å². The van der Waals surface area contributed by atoms with E-state index in [2.05, 4.69) is 11.3 Å². The van der Waals surface area contributed by atoms with Crippen molar-refractivity contribution in [3.05, 3.63) is 12.7 Å². The van der Waals surface area contributed by atoms with Crippen LogP contribution in [0.5, 0.6) is 0 Å². The quantitative estimate of drug-likeness (QED) is 0.292. The zero-order valence-corrected chi connectivity index (χ0v) is 4.89. The second-order valence-corrected chi connectivity index (χ2v) is 1.07. The lowest BCUT2D eigenvalue weighted by molar-refractivity contribution is -0.139. The molecule has 0 unspecified atom stereocenters. The third-order valence-corrected chi connectivity index (χ3v) is 0.539. The summed E-state index contributed by atoms with van der Waals surface area (Å²) in [6.07, 6.45) is 1.81. The van der Waals surface area contributed by atoms with Gasteiger partial charge in [0.1, 0.15) is 0 Å². The molecular weight excluding hydrogens is 103 g/mol. The van der Waals surface area contributed by atoms with E-state index < -0.39 is 0 Å². The second kappa shape index (κ2) is 6.27. The molecule has 0 saturated heterocycles. The summed E-state index contributed by atoms with van der Waals surface area (Å²) in [6.45, 7) is 3.35. The first kappa shape index (κ1) is 10.3. The SMILES string of the molecule is C=CCC(=O)OC.[B]. The van der Waals surface area contributed by atoms with Gasteiger partial charge in [-0.25, -0.2) is 0 Å². The lowest BCUT2D eigenvalue weighted by atomic mass is 10.4. The molecule has 0 fully saturated rings. The molecule has 0 aromatic heterocycles. The minimum absolute atomic E-state index is 0. The predicted molar refractivity (Wildman–Crippen MR) is 32.6 cm³/mol. The summed E-state index contributed by atoms with van der Waals surface area (Å²) in [5.74, 6) is -0.241. The van der Waals surface area contributed by atoms with Crippen molar-refractivity contribution in [3.8, 4) is 0 Å². The molecular formula is C5H8BO2. The number of hydrogen-bond donors (Lipinski definition) is 0. The zero-order valence-electron chi connectivity index (χ0n) is 4.89. The maximum absolute atomic E-state index is 10.1. The number of ether oxygens (including phenoxy) is 1. The maximum atomic E-state index is 10.1. The summed E-state index contributed by atoms with van der Waals surface area (Å²) < 4.78 is 4.28. The second-order valence-electron chi connectivity index (χ2n) is 1.07. The number of hydrogen-bond acceptors (Lipinski definition) is 2. The van der Waals surface area contributed by atoms with Gasteiger partial charge in [0.2, 0.25) is 0 Å². The van der Waals surface area contributed by atoms with E-state index in [1.807, 2.05) is 0 Å². The van der Waals surface area contributed by atoms with E-state index in [1.165, 1.54) is 13.2 Å². The number of esters is 1. The molecule has 0 bridgehead atoms. The molecule has 0 amide bonds. The van der Waals surface area contributed by atoms with Gasteiger partial charge in [-0.05, 0) is 0 Å². The summed E-state index contributed by atoms with van der Waals surface area (Å²) in [6, 6.07) is 0. The summed E-state index contributed by atoms with van der Waals surface area (Å²) >= 11 is 0. The Morgan fingerprint density at radius 2 is 2.38 bits per heavy atom. The third-order valence-electron chi connectivity index (χ3n) is 0.539. The van der Waals surface area contributed by atoms with Gasteiger partial charge in [-0.2, -0.15) is 0 Å². The fraction of sp³-hybridized carbons (Fsp3) is 0.400. The van der Waals surface area contributed by atoms with Crippen LogP contribution in [0.3, 0.4) is 0 Å². The van der Waals surface area contributed by atoms with Crippen LogP contribution in [0.1, 0.15) is 6.42 Å². The first-order valence-electron chi connectivity index (χ1n) is 1.99. The van der Waals surface area contributed by atoms with Crippen LogP contribution in [0.15, 0.2) is 12.7 Å². The van der Waals surface area contributed by atoms with Gasteiger partial charge >= 0.3 is 5.97 Å². The van der Waals surface area contributed by atoms with E-state index in [4.69, 9.17) is 0 Å². The topological polar surface area (TPSA) is 26.3 Å². The number of carbonyl (C=O) groups excluding carboxylic acids is 1. The summed E-state index contributed by atoms with van der Waals surface area (Å²) in [5.41, 5.74) is 0. The average Bonchev–Trinajstić information content (AvgIpc) is 1.68. The Morgan fingerprint density at radius 3 is 2.50 bits per heavy atom. The van der Waals surface area contributed by atoms with Crippen molar-refractivity contribution in [1.29, 1.82) is 0 Å². The van der Waals surface area contributed by atoms with Gasteiger partial charge in [0.25, 0.3) is 0 Å². The Balaban J connectivity index is 0. The van der Waals surface area contributed by atoms with Gasteiger partial charge in [-0.1, -0.05) is 6.08 Å². The normalized spacial score (nSPS) is 6.62. The van der Waals surface area contributed by atoms with Crippen LogP contribution in [-0.4, -0.2) is 21.5 Å². The van der Waals surface area contributed by atoms with E-state index in [0.29, 0.717) is 6.42 Å². The summed E-state index contributed by atoms with van der Waals surface area (Å²) in [7, 11) is 1.35. The molecule has 0 rings (SSSR count). The van der Waals surface area contributed by atoms with E-state index in [-0.39, 0.29) is 14.4 Å². The minimum Gasteiger partial charge on any atom is -0.469 e. The molecule has 3 heteroatoms. The Kier molecular flexibility index (Phi) is 8.07. The molecule has 3 radical (unpaired) electrons. The lowest BCUT2D eigenvalue weighted by Gasteiger charge is -1.88. The average molecular weight is 111 g/mol. The molecule has 0 atom stereocenters. The largest absolute Gasteiger partial charge is 0.469 e. The van der Waals surface area contributed by atoms with Crippen molar-refractivity contribution in [3.63, 3.8) is 0 Å². The van der Waals surface area contributed by atoms with Gasteiger partial charge in [0, 0.05) is 8.41 Å². The molecule has 0 heterocycles. The first-order valence-corrected chi connectivity index (χ1v) is 1.99. The number of methoxy groups -OCH3 is 1. The van der Waals surface area contributed by atoms with Gasteiger partial charge in [0.05, 0.1) is 13.5 Å². The molecule has 2 nitrogen and oxygen atoms in total. The van der Waals surface area contributed by atoms with Crippen LogP contribution in [0.25, 0.3) is 0 Å². The fourth-order valence-electron chi connectivity index (χ4n) is 0.201. The van der Waals surface area contributed by atoms with Gasteiger partial charge < -0.3 is 4.74 Å². The smallest absolute Gasteiger partial charge is 0.309 e. The Morgan fingerprint density at radius 1 is 1.88 bits per heavy atom. The molecule has 0 aromatic rings. The van der Waals surface area contributed by atoms with E-state index in [1.54, 1.807) is 0 Å². The third kappa shape index (κ3) is 5.27. The lowest BCUT2D eigenvalue weighted by Crippen LogP contribution is -1.95. The van der Waals surface area contributed by atoms with Gasteiger partial charge in [0.15, 0.2) is 0 Å². The van der Waals surface area contributed by atoms with Crippen LogP contribution in [-0.2, 0) is 9.53 Å². The molecule has 8 heavy (non-hydrogen) atoms. The highest BCUT2D eigenvalue weighted by Crippen LogP contribution is 1.80. The maximum Gasteiger partial charge on any atom is 0.309 e. The van der Waals surface area contributed by atoms with E-state index >= 15 is 0 Å². The first-order chi connectivity index (χ1) is 3.31. The van der Waals surface area contributed by atoms with Crippen molar-refractivity contribution in [2.24, 2.45) is 0 Å². The van der Waals surface area contributed by atoms with Crippen LogP contribution >= 0.6 is 0 Å². The molecule has 0 aliphatic carbocycles. The van der Waals surface area contributed by atoms with Crippen molar-refractivity contribution < 1.29 is 9.53 Å². The molecule has 0 aliphatic rings. The van der Waals surface area contributed by atoms with Crippen molar-refractivity contribution >= 4 is 14.4 Å². The highest BCUT2D eigenvalue weighted by molar-refractivity contribution is 5.75. The van der Waals surface area contributed by atoms with Crippen LogP contribution < -0.4 is 0 Å². The Bertz CT molecular complexity index is 80.5. The van der Waals surface area contributed by atoms with Crippen LogP contribution in [0.2, 0.25) is 0 Å². The molecule has 0 N–H and O–H groups in total. The number of carbonyl (C=O) groups is 1. The summed E-state index contributed by atoms with van der Waals surface area (Å²) in [5, 5.41) is 0. The van der Waals surface area contributed by atoms with Crippen molar-refractivity contribution in [2.45, 2.75) is 6.42 Å². The highest BCUT2D eigenvalue weighted by atomic mass is 16.5. The van der Waals surface area contributed by atoms with Crippen LogP contribution in [0, 0.1) is 0 Å². The van der Waals surface area contributed by atoms with Crippen molar-refractivity contribution in [2.75, 3.05) is 7.11 Å². The Hall–Kier alpha value is -0.725. The zero-order chi connectivity index (χ0) is 5.70. The molecule has 43 valence electrons.